The minimum atomic E-state index is -0.114. The van der Waals surface area contributed by atoms with Gasteiger partial charge in [0, 0.05) is 0 Å². The molecule has 2 aromatic rings. The molecule has 0 bridgehead atoms. The number of rotatable bonds is 5. The molecule has 0 aliphatic rings. The van der Waals surface area contributed by atoms with E-state index >= 15 is 0 Å². The second-order valence-electron chi connectivity index (χ2n) is 4.50. The molecule has 0 radical (unpaired) electrons. The van der Waals surface area contributed by atoms with E-state index in [2.05, 4.69) is 5.32 Å². The van der Waals surface area contributed by atoms with Crippen molar-refractivity contribution < 1.29 is 9.53 Å². The van der Waals surface area contributed by atoms with Crippen molar-refractivity contribution in [1.29, 1.82) is 0 Å². The highest BCUT2D eigenvalue weighted by atomic mass is 16.5. The van der Waals surface area contributed by atoms with Crippen LogP contribution in [-0.2, 0) is 4.79 Å². The molecule has 4 nitrogen and oxygen atoms in total. The molecule has 0 spiro atoms. The Bertz CT molecular complexity index is 597. The summed E-state index contributed by atoms with van der Waals surface area (Å²) in [5.74, 6) is 0.691. The summed E-state index contributed by atoms with van der Waals surface area (Å²) in [4.78, 5) is 11.8. The van der Waals surface area contributed by atoms with E-state index in [1.54, 1.807) is 12.1 Å². The predicted molar refractivity (Wildman–Crippen MR) is 80.8 cm³/mol. The lowest BCUT2D eigenvalue weighted by Crippen LogP contribution is -2.16. The Hall–Kier alpha value is -2.49. The third-order valence-corrected chi connectivity index (χ3v) is 2.92. The summed E-state index contributed by atoms with van der Waals surface area (Å²) >= 11 is 0. The van der Waals surface area contributed by atoms with Gasteiger partial charge in [-0.05, 0) is 30.7 Å². The third-order valence-electron chi connectivity index (χ3n) is 2.92. The molecule has 0 unspecified atom stereocenters. The van der Waals surface area contributed by atoms with Gasteiger partial charge in [0.15, 0.2) is 0 Å². The molecule has 0 heterocycles. The van der Waals surface area contributed by atoms with Gasteiger partial charge in [0.05, 0.1) is 24.4 Å². The third kappa shape index (κ3) is 3.75. The summed E-state index contributed by atoms with van der Waals surface area (Å²) < 4.78 is 5.58. The molecule has 0 aliphatic heterocycles. The van der Waals surface area contributed by atoms with Gasteiger partial charge in [0.25, 0.3) is 0 Å². The Kier molecular flexibility index (Phi) is 4.60. The van der Waals surface area contributed by atoms with Gasteiger partial charge in [-0.25, -0.2) is 0 Å². The number of nitrogen functional groups attached to an aromatic ring is 1. The zero-order chi connectivity index (χ0) is 14.4. The smallest absolute Gasteiger partial charge is 0.227 e. The van der Waals surface area contributed by atoms with Gasteiger partial charge in [0.1, 0.15) is 5.75 Å². The minimum Gasteiger partial charge on any atom is -0.493 e. The molecule has 0 saturated carbocycles. The molecule has 2 rings (SSSR count). The summed E-state index contributed by atoms with van der Waals surface area (Å²) in [5.41, 5.74) is 8.01. The van der Waals surface area contributed by atoms with Crippen molar-refractivity contribution in [2.75, 3.05) is 17.7 Å². The van der Waals surface area contributed by atoms with E-state index in [1.807, 2.05) is 43.3 Å². The molecule has 0 aromatic heterocycles. The highest BCUT2D eigenvalue weighted by Crippen LogP contribution is 2.18. The van der Waals surface area contributed by atoms with E-state index in [1.165, 1.54) is 0 Å². The number of amides is 1. The quantitative estimate of drug-likeness (QED) is 0.821. The molecule has 0 fully saturated rings. The van der Waals surface area contributed by atoms with Crippen molar-refractivity contribution in [1.82, 2.24) is 0 Å². The van der Waals surface area contributed by atoms with Gasteiger partial charge in [-0.1, -0.05) is 30.3 Å². The maximum Gasteiger partial charge on any atom is 0.227 e. The van der Waals surface area contributed by atoms with Gasteiger partial charge >= 0.3 is 0 Å². The molecule has 0 atom stereocenters. The van der Waals surface area contributed by atoms with Gasteiger partial charge in [-0.2, -0.15) is 0 Å². The fourth-order valence-corrected chi connectivity index (χ4v) is 1.80. The molecule has 3 N–H and O–H groups in total. The highest BCUT2D eigenvalue weighted by Gasteiger charge is 2.05. The number of hydrogen-bond donors (Lipinski definition) is 2. The van der Waals surface area contributed by atoms with E-state index < -0.39 is 0 Å². The summed E-state index contributed by atoms with van der Waals surface area (Å²) in [6.45, 7) is 2.31. The maximum absolute atomic E-state index is 11.8. The number of nitrogens with one attached hydrogen (secondary N) is 1. The zero-order valence-electron chi connectivity index (χ0n) is 11.4. The van der Waals surface area contributed by atoms with Gasteiger partial charge in [-0.15, -0.1) is 0 Å². The lowest BCUT2D eigenvalue weighted by atomic mass is 10.2. The predicted octanol–water partition coefficient (Wildman–Crippen LogP) is 2.98. The lowest BCUT2D eigenvalue weighted by molar-refractivity contribution is -0.116. The Balaban J connectivity index is 1.82. The topological polar surface area (TPSA) is 64.3 Å². The molecular formula is C16H18N2O2. The first-order valence-electron chi connectivity index (χ1n) is 6.49. The molecular weight excluding hydrogens is 252 g/mol. The van der Waals surface area contributed by atoms with Crippen LogP contribution in [0.2, 0.25) is 0 Å². The summed E-state index contributed by atoms with van der Waals surface area (Å²) in [7, 11) is 0. The van der Waals surface area contributed by atoms with E-state index in [9.17, 15) is 4.79 Å². The number of nitrogens with two attached hydrogens (primary N) is 1. The van der Waals surface area contributed by atoms with Gasteiger partial charge in [-0.3, -0.25) is 4.79 Å². The summed E-state index contributed by atoms with van der Waals surface area (Å²) in [6.07, 6.45) is 0.280. The van der Waals surface area contributed by atoms with Crippen LogP contribution in [0.1, 0.15) is 12.0 Å². The fraction of sp³-hybridized carbons (Fsp3) is 0.188. The summed E-state index contributed by atoms with van der Waals surface area (Å²) in [5, 5.41) is 2.77. The van der Waals surface area contributed by atoms with Crippen molar-refractivity contribution >= 4 is 17.3 Å². The molecule has 0 saturated heterocycles. The van der Waals surface area contributed by atoms with Crippen LogP contribution in [0.15, 0.2) is 48.5 Å². The van der Waals surface area contributed by atoms with Crippen molar-refractivity contribution in [3.05, 3.63) is 54.1 Å². The minimum absolute atomic E-state index is 0.114. The van der Waals surface area contributed by atoms with Gasteiger partial charge < -0.3 is 15.8 Å². The SMILES string of the molecule is Cc1ccccc1OCCC(=O)Nc1ccccc1N. The number of anilines is 2. The van der Waals surface area contributed by atoms with Crippen molar-refractivity contribution in [2.45, 2.75) is 13.3 Å². The standard InChI is InChI=1S/C16H18N2O2/c1-12-6-2-5-9-15(12)20-11-10-16(19)18-14-8-4-3-7-13(14)17/h2-9H,10-11,17H2,1H3,(H,18,19). The van der Waals surface area contributed by atoms with E-state index in [4.69, 9.17) is 10.5 Å². The second kappa shape index (κ2) is 6.61. The lowest BCUT2D eigenvalue weighted by Gasteiger charge is -2.10. The van der Waals surface area contributed by atoms with E-state index in [0.717, 1.165) is 11.3 Å². The van der Waals surface area contributed by atoms with Crippen LogP contribution in [0.5, 0.6) is 5.75 Å². The van der Waals surface area contributed by atoms with Crippen LogP contribution < -0.4 is 15.8 Å². The molecule has 104 valence electrons. The molecule has 4 heteroatoms. The van der Waals surface area contributed by atoms with Crippen LogP contribution in [0.3, 0.4) is 0 Å². The molecule has 0 aliphatic carbocycles. The number of ether oxygens (including phenoxy) is 1. The van der Waals surface area contributed by atoms with Crippen LogP contribution in [0, 0.1) is 6.92 Å². The summed E-state index contributed by atoms with van der Waals surface area (Å²) in [6, 6.07) is 14.9. The molecule has 20 heavy (non-hydrogen) atoms. The Labute approximate surface area is 118 Å². The Morgan fingerprint density at radius 3 is 2.60 bits per heavy atom. The van der Waals surface area contributed by atoms with Crippen LogP contribution in [0.4, 0.5) is 11.4 Å². The second-order valence-corrected chi connectivity index (χ2v) is 4.50. The van der Waals surface area contributed by atoms with Crippen molar-refractivity contribution in [3.8, 4) is 5.75 Å². The van der Waals surface area contributed by atoms with Crippen molar-refractivity contribution in [2.24, 2.45) is 0 Å². The van der Waals surface area contributed by atoms with E-state index in [0.29, 0.717) is 18.0 Å². The van der Waals surface area contributed by atoms with Crippen LogP contribution in [0.25, 0.3) is 0 Å². The van der Waals surface area contributed by atoms with Crippen LogP contribution in [-0.4, -0.2) is 12.5 Å². The fourth-order valence-electron chi connectivity index (χ4n) is 1.80. The highest BCUT2D eigenvalue weighted by molar-refractivity contribution is 5.93. The van der Waals surface area contributed by atoms with Crippen LogP contribution >= 0.6 is 0 Å². The first-order valence-corrected chi connectivity index (χ1v) is 6.49. The molecule has 2 aromatic carbocycles. The number of hydrogen-bond acceptors (Lipinski definition) is 3. The average Bonchev–Trinajstić information content (AvgIpc) is 2.43. The first-order chi connectivity index (χ1) is 9.66. The maximum atomic E-state index is 11.8. The first kappa shape index (κ1) is 13.9. The Morgan fingerprint density at radius 1 is 1.15 bits per heavy atom. The number of aryl methyl sites for hydroxylation is 1. The largest absolute Gasteiger partial charge is 0.493 e. The van der Waals surface area contributed by atoms with Gasteiger partial charge in [0.2, 0.25) is 5.91 Å². The normalized spacial score (nSPS) is 10.1. The number of benzene rings is 2. The Morgan fingerprint density at radius 2 is 1.85 bits per heavy atom. The van der Waals surface area contributed by atoms with Crippen molar-refractivity contribution in [3.63, 3.8) is 0 Å². The average molecular weight is 270 g/mol. The zero-order valence-corrected chi connectivity index (χ0v) is 11.4. The van der Waals surface area contributed by atoms with E-state index in [-0.39, 0.29) is 12.3 Å². The monoisotopic (exact) mass is 270 g/mol. The molecule has 1 amide bonds. The number of carbonyl (C=O) groups excluding carboxylic acids is 1. The number of carbonyl (C=O) groups is 1. The number of para-hydroxylation sites is 3.